The Kier molecular flexibility index (Phi) is 9.94. The summed E-state index contributed by atoms with van der Waals surface area (Å²) in [7, 11) is 3.42. The first-order valence-corrected chi connectivity index (χ1v) is 10.1. The van der Waals surface area contributed by atoms with Crippen LogP contribution < -0.4 is 5.32 Å². The molecule has 7 heteroatoms. The van der Waals surface area contributed by atoms with Crippen LogP contribution in [-0.4, -0.2) is 62.6 Å². The average molecular weight is 504 g/mol. The number of nitrogens with one attached hydrogen (secondary N) is 1. The van der Waals surface area contributed by atoms with Gasteiger partial charge >= 0.3 is 0 Å². The minimum atomic E-state index is -0.218. The molecular formula is C21H34FIN4O. The lowest BCUT2D eigenvalue weighted by molar-refractivity contribution is 0.181. The zero-order valence-electron chi connectivity index (χ0n) is 17.1. The summed E-state index contributed by atoms with van der Waals surface area (Å²) in [6, 6.07) is 5.19. The third-order valence-electron chi connectivity index (χ3n) is 5.62. The quantitative estimate of drug-likeness (QED) is 0.366. The van der Waals surface area contributed by atoms with Crippen LogP contribution in [0.15, 0.2) is 23.2 Å². The molecule has 2 heterocycles. The number of guanidine groups is 1. The molecule has 3 rings (SSSR count). The van der Waals surface area contributed by atoms with Crippen LogP contribution in [0.25, 0.3) is 0 Å². The van der Waals surface area contributed by atoms with Crippen molar-refractivity contribution >= 4 is 29.9 Å². The number of piperidine rings is 1. The number of ether oxygens (including phenoxy) is 1. The van der Waals surface area contributed by atoms with Crippen LogP contribution in [0.5, 0.6) is 0 Å². The molecule has 5 nitrogen and oxygen atoms in total. The van der Waals surface area contributed by atoms with E-state index in [-0.39, 0.29) is 29.8 Å². The van der Waals surface area contributed by atoms with Gasteiger partial charge in [-0.15, -0.1) is 24.0 Å². The van der Waals surface area contributed by atoms with Gasteiger partial charge in [0.05, 0.1) is 6.61 Å². The van der Waals surface area contributed by atoms with Crippen molar-refractivity contribution in [1.82, 2.24) is 15.1 Å². The highest BCUT2D eigenvalue weighted by Crippen LogP contribution is 2.20. The minimum Gasteiger partial charge on any atom is -0.380 e. The van der Waals surface area contributed by atoms with Crippen LogP contribution in [0.4, 0.5) is 4.39 Å². The largest absolute Gasteiger partial charge is 0.380 e. The maximum atomic E-state index is 13.8. The Morgan fingerprint density at radius 1 is 1.25 bits per heavy atom. The fraction of sp³-hybridized carbons (Fsp3) is 0.667. The highest BCUT2D eigenvalue weighted by Gasteiger charge is 2.26. The SMILES string of the molecule is CN=C(NCc1ccc(F)c(COC)c1)N1CCC(CN2CCCCC2)C1.I. The molecule has 0 amide bonds. The van der Waals surface area contributed by atoms with E-state index in [2.05, 4.69) is 20.1 Å². The standard InChI is InChI=1S/C21H33FN4O.HI/c1-23-21(24-13-17-6-7-20(22)19(12-17)16-27-2)26-11-8-18(15-26)14-25-9-4-3-5-10-25;/h6-7,12,18H,3-5,8-11,13-16H2,1-2H3,(H,23,24);1H. The van der Waals surface area contributed by atoms with Gasteiger partial charge in [0, 0.05) is 45.9 Å². The van der Waals surface area contributed by atoms with Crippen LogP contribution in [0.3, 0.4) is 0 Å². The van der Waals surface area contributed by atoms with Crippen LogP contribution in [0.2, 0.25) is 0 Å². The Morgan fingerprint density at radius 2 is 2.04 bits per heavy atom. The Hall–Kier alpha value is -0.930. The molecule has 1 N–H and O–H groups in total. The molecular weight excluding hydrogens is 470 g/mol. The topological polar surface area (TPSA) is 40.1 Å². The van der Waals surface area contributed by atoms with Crippen molar-refractivity contribution in [3.8, 4) is 0 Å². The molecule has 2 aliphatic heterocycles. The predicted molar refractivity (Wildman–Crippen MR) is 123 cm³/mol. The molecule has 28 heavy (non-hydrogen) atoms. The number of benzene rings is 1. The van der Waals surface area contributed by atoms with Crippen LogP contribution in [-0.2, 0) is 17.9 Å². The van der Waals surface area contributed by atoms with Gasteiger partial charge in [-0.3, -0.25) is 4.99 Å². The fourth-order valence-corrected chi connectivity index (χ4v) is 4.20. The zero-order chi connectivity index (χ0) is 19.1. The van der Waals surface area contributed by atoms with Gasteiger partial charge in [0.15, 0.2) is 5.96 Å². The number of halogens is 2. The molecule has 0 bridgehead atoms. The Bertz CT molecular complexity index is 637. The fourth-order valence-electron chi connectivity index (χ4n) is 4.20. The van der Waals surface area contributed by atoms with Gasteiger partial charge in [0.2, 0.25) is 0 Å². The van der Waals surface area contributed by atoms with Gasteiger partial charge < -0.3 is 19.9 Å². The molecule has 1 unspecified atom stereocenters. The number of hydrogen-bond acceptors (Lipinski definition) is 3. The van der Waals surface area contributed by atoms with Crippen molar-refractivity contribution in [2.75, 3.05) is 46.9 Å². The summed E-state index contributed by atoms with van der Waals surface area (Å²) < 4.78 is 18.8. The van der Waals surface area contributed by atoms with Crippen molar-refractivity contribution in [2.24, 2.45) is 10.9 Å². The van der Waals surface area contributed by atoms with Crippen molar-refractivity contribution in [2.45, 2.75) is 38.8 Å². The molecule has 0 saturated carbocycles. The molecule has 0 aromatic heterocycles. The van der Waals surface area contributed by atoms with E-state index in [0.717, 1.165) is 30.5 Å². The van der Waals surface area contributed by atoms with Crippen molar-refractivity contribution in [3.05, 3.63) is 35.1 Å². The first-order chi connectivity index (χ1) is 13.2. The molecule has 2 aliphatic rings. The van der Waals surface area contributed by atoms with Crippen molar-refractivity contribution < 1.29 is 9.13 Å². The molecule has 1 aromatic rings. The highest BCUT2D eigenvalue weighted by molar-refractivity contribution is 14.0. The number of aliphatic imine (C=N–C) groups is 1. The summed E-state index contributed by atoms with van der Waals surface area (Å²) >= 11 is 0. The lowest BCUT2D eigenvalue weighted by atomic mass is 10.1. The maximum absolute atomic E-state index is 13.8. The number of rotatable bonds is 6. The van der Waals surface area contributed by atoms with Gasteiger partial charge in [-0.05, 0) is 56.0 Å². The Labute approximate surface area is 185 Å². The monoisotopic (exact) mass is 504 g/mol. The molecule has 1 atom stereocenters. The number of hydrogen-bond donors (Lipinski definition) is 1. The second-order valence-electron chi connectivity index (χ2n) is 7.72. The van der Waals surface area contributed by atoms with Crippen LogP contribution in [0.1, 0.15) is 36.8 Å². The van der Waals surface area contributed by atoms with Crippen molar-refractivity contribution in [3.63, 3.8) is 0 Å². The Morgan fingerprint density at radius 3 is 2.75 bits per heavy atom. The summed E-state index contributed by atoms with van der Waals surface area (Å²) in [6.07, 6.45) is 5.32. The minimum absolute atomic E-state index is 0. The van der Waals surface area contributed by atoms with Gasteiger partial charge in [-0.25, -0.2) is 4.39 Å². The number of likely N-dealkylation sites (tertiary alicyclic amines) is 2. The third-order valence-corrected chi connectivity index (χ3v) is 5.62. The molecule has 1 aromatic carbocycles. The van der Waals surface area contributed by atoms with E-state index in [0.29, 0.717) is 18.7 Å². The van der Waals surface area contributed by atoms with Crippen LogP contribution >= 0.6 is 24.0 Å². The maximum Gasteiger partial charge on any atom is 0.193 e. The third kappa shape index (κ3) is 6.56. The molecule has 158 valence electrons. The normalized spacial score (nSPS) is 20.9. The van der Waals surface area contributed by atoms with E-state index >= 15 is 0 Å². The predicted octanol–water partition coefficient (Wildman–Crippen LogP) is 3.47. The van der Waals surface area contributed by atoms with E-state index in [1.165, 1.54) is 51.4 Å². The van der Waals surface area contributed by atoms with E-state index in [1.54, 1.807) is 7.11 Å². The number of methoxy groups -OCH3 is 1. The molecule has 2 fully saturated rings. The molecule has 2 saturated heterocycles. The summed E-state index contributed by atoms with van der Waals surface area (Å²) in [5.74, 6) is 1.44. The van der Waals surface area contributed by atoms with Gasteiger partial charge in [0.25, 0.3) is 0 Å². The van der Waals surface area contributed by atoms with Gasteiger partial charge in [0.1, 0.15) is 5.82 Å². The molecule has 0 radical (unpaired) electrons. The van der Waals surface area contributed by atoms with E-state index < -0.39 is 0 Å². The highest BCUT2D eigenvalue weighted by atomic mass is 127. The second kappa shape index (κ2) is 11.9. The first kappa shape index (κ1) is 23.3. The second-order valence-corrected chi connectivity index (χ2v) is 7.72. The first-order valence-electron chi connectivity index (χ1n) is 10.1. The summed E-state index contributed by atoms with van der Waals surface area (Å²) in [5.41, 5.74) is 1.63. The summed E-state index contributed by atoms with van der Waals surface area (Å²) in [5, 5.41) is 3.44. The van der Waals surface area contributed by atoms with Crippen LogP contribution in [0, 0.1) is 11.7 Å². The zero-order valence-corrected chi connectivity index (χ0v) is 19.5. The molecule has 0 spiro atoms. The average Bonchev–Trinajstić information content (AvgIpc) is 3.14. The molecule has 0 aliphatic carbocycles. The smallest absolute Gasteiger partial charge is 0.193 e. The van der Waals surface area contributed by atoms with E-state index in [4.69, 9.17) is 4.74 Å². The number of nitrogens with zero attached hydrogens (tertiary/aromatic N) is 3. The summed E-state index contributed by atoms with van der Waals surface area (Å²) in [4.78, 5) is 9.45. The summed E-state index contributed by atoms with van der Waals surface area (Å²) in [6.45, 7) is 6.78. The Balaban J connectivity index is 0.00000280. The lowest BCUT2D eigenvalue weighted by Crippen LogP contribution is -2.41. The van der Waals surface area contributed by atoms with E-state index in [1.807, 2.05) is 19.2 Å². The van der Waals surface area contributed by atoms with Gasteiger partial charge in [-0.2, -0.15) is 0 Å². The van der Waals surface area contributed by atoms with Crippen molar-refractivity contribution in [1.29, 1.82) is 0 Å². The van der Waals surface area contributed by atoms with Gasteiger partial charge in [-0.1, -0.05) is 12.5 Å². The van der Waals surface area contributed by atoms with E-state index in [9.17, 15) is 4.39 Å². The lowest BCUT2D eigenvalue weighted by Gasteiger charge is -2.29.